The number of imidazole rings is 1. The van der Waals surface area contributed by atoms with Gasteiger partial charge in [-0.1, -0.05) is 0 Å². The number of hydrogen-bond acceptors (Lipinski definition) is 8. The van der Waals surface area contributed by atoms with Gasteiger partial charge in [-0.25, -0.2) is 19.6 Å². The van der Waals surface area contributed by atoms with Crippen molar-refractivity contribution in [2.24, 2.45) is 11.7 Å². The summed E-state index contributed by atoms with van der Waals surface area (Å²) in [5, 5.41) is 24.6. The van der Waals surface area contributed by atoms with Crippen molar-refractivity contribution in [1.82, 2.24) is 19.9 Å². The van der Waals surface area contributed by atoms with Gasteiger partial charge in [0.2, 0.25) is 5.91 Å². The molecule has 6 N–H and O–H groups in total. The lowest BCUT2D eigenvalue weighted by Crippen LogP contribution is -2.45. The average molecular weight is 702 g/mol. The number of primary amides is 1. The number of carbonyl (C=O) groups is 3. The predicted molar refractivity (Wildman–Crippen MR) is 144 cm³/mol. The van der Waals surface area contributed by atoms with E-state index < -0.39 is 30.4 Å². The van der Waals surface area contributed by atoms with Crippen LogP contribution in [0.15, 0.2) is 41.0 Å². The minimum atomic E-state index is -5.08. The molecule has 1 aliphatic rings. The number of nitrogens with two attached hydrogens (primary N) is 1. The van der Waals surface area contributed by atoms with Crippen molar-refractivity contribution in [2.45, 2.75) is 31.3 Å². The monoisotopic (exact) mass is 701 g/mol. The highest BCUT2D eigenvalue weighted by Crippen LogP contribution is 2.24. The Morgan fingerprint density at radius 2 is 1.66 bits per heavy atom. The number of likely N-dealkylation sites (tertiary alicyclic amines) is 1. The van der Waals surface area contributed by atoms with Crippen LogP contribution in [0.5, 0.6) is 5.75 Å². The number of nitrogens with one attached hydrogen (secondary N) is 1. The van der Waals surface area contributed by atoms with Gasteiger partial charge in [-0.3, -0.25) is 9.69 Å². The Labute approximate surface area is 253 Å². The number of benzene rings is 1. The number of hydrogen-bond donors (Lipinski definition) is 5. The summed E-state index contributed by atoms with van der Waals surface area (Å²) in [6, 6.07) is 9.44. The second-order valence-electron chi connectivity index (χ2n) is 9.20. The van der Waals surface area contributed by atoms with Gasteiger partial charge >= 0.3 is 24.3 Å². The number of H-pyrrole nitrogens is 1. The highest BCUT2D eigenvalue weighted by atomic mass is 79.9. The number of aliphatic hydroxyl groups excluding tert-OH is 1. The van der Waals surface area contributed by atoms with Crippen molar-refractivity contribution < 1.29 is 60.8 Å². The summed E-state index contributed by atoms with van der Waals surface area (Å²) in [7, 11) is 0. The van der Waals surface area contributed by atoms with E-state index in [4.69, 9.17) is 30.3 Å². The molecule has 1 saturated heterocycles. The molecule has 2 unspecified atom stereocenters. The molecule has 0 radical (unpaired) electrons. The Balaban J connectivity index is 0.000000402. The van der Waals surface area contributed by atoms with E-state index in [1.165, 1.54) is 0 Å². The molecule has 2 atom stereocenters. The standard InChI is InChI=1S/C21H24BrN5O3.2C2HF3O2/c22-15-8-18-21(24-9-15)26-20(25-18)13-3-5-17(6-4-13)30-12-16(28)11-27-7-1-2-14(10-27)19(23)29;2*3-2(4,5)1(6)7/h3-6,8-9,14,16,28H,1-2,7,10-12H2,(H2,23,29)(H,24,25,26);2*(H,6,7). The number of rotatable bonds is 7. The van der Waals surface area contributed by atoms with Crippen molar-refractivity contribution in [3.63, 3.8) is 0 Å². The summed E-state index contributed by atoms with van der Waals surface area (Å²) in [5.41, 5.74) is 7.85. The Bertz CT molecular complexity index is 1400. The maximum atomic E-state index is 11.4. The van der Waals surface area contributed by atoms with E-state index in [9.17, 15) is 36.2 Å². The molecule has 1 amide bonds. The number of β-amino-alcohol motifs (C(OH)–C–C–N with tert-alkyl or cyclic N) is 1. The van der Waals surface area contributed by atoms with E-state index in [1.807, 2.05) is 30.3 Å². The van der Waals surface area contributed by atoms with Crippen molar-refractivity contribution in [3.05, 3.63) is 41.0 Å². The van der Waals surface area contributed by atoms with Gasteiger partial charge in [0, 0.05) is 29.3 Å². The highest BCUT2D eigenvalue weighted by Gasteiger charge is 2.38. The lowest BCUT2D eigenvalue weighted by atomic mass is 9.97. The fourth-order valence-corrected chi connectivity index (χ4v) is 4.03. The number of aromatic amines is 1. The highest BCUT2D eigenvalue weighted by molar-refractivity contribution is 9.10. The Hall–Kier alpha value is -3.97. The van der Waals surface area contributed by atoms with Crippen LogP contribution in [-0.4, -0.2) is 97.7 Å². The van der Waals surface area contributed by atoms with E-state index in [2.05, 4.69) is 35.8 Å². The van der Waals surface area contributed by atoms with E-state index in [1.54, 1.807) is 6.20 Å². The molecular weight excluding hydrogens is 676 g/mol. The van der Waals surface area contributed by atoms with E-state index in [0.29, 0.717) is 18.8 Å². The van der Waals surface area contributed by atoms with Crippen molar-refractivity contribution in [1.29, 1.82) is 0 Å². The molecule has 1 aliphatic heterocycles. The SMILES string of the molecule is NC(=O)C1CCCN(CC(O)COc2ccc(-c3nc4cc(Br)cnc4[nH]3)cc2)C1.O=C(O)C(F)(F)F.O=C(O)C(F)(F)F. The van der Waals surface area contributed by atoms with Crippen LogP contribution in [0.3, 0.4) is 0 Å². The van der Waals surface area contributed by atoms with Crippen LogP contribution >= 0.6 is 15.9 Å². The minimum Gasteiger partial charge on any atom is -0.491 e. The quantitative estimate of drug-likeness (QED) is 0.228. The molecule has 2 aromatic heterocycles. The third-order valence-electron chi connectivity index (χ3n) is 5.74. The second-order valence-corrected chi connectivity index (χ2v) is 10.1. The fourth-order valence-electron chi connectivity index (χ4n) is 3.71. The molecule has 1 aromatic carbocycles. The Morgan fingerprint density at radius 3 is 2.18 bits per heavy atom. The van der Waals surface area contributed by atoms with Gasteiger partial charge in [-0.05, 0) is 65.6 Å². The van der Waals surface area contributed by atoms with Crippen LogP contribution in [0.25, 0.3) is 22.6 Å². The number of carbonyl (C=O) groups excluding carboxylic acids is 1. The molecule has 1 fully saturated rings. The number of aliphatic hydroxyl groups is 1. The lowest BCUT2D eigenvalue weighted by Gasteiger charge is -2.32. The van der Waals surface area contributed by atoms with Gasteiger partial charge in [-0.2, -0.15) is 26.3 Å². The van der Waals surface area contributed by atoms with Crippen molar-refractivity contribution in [3.8, 4) is 17.1 Å². The van der Waals surface area contributed by atoms with Gasteiger partial charge in [0.1, 0.15) is 29.8 Å². The van der Waals surface area contributed by atoms with Crippen LogP contribution in [-0.2, 0) is 14.4 Å². The maximum absolute atomic E-state index is 11.4. The Kier molecular flexibility index (Phi) is 12.9. The molecular formula is C25H26BrF6N5O7. The summed E-state index contributed by atoms with van der Waals surface area (Å²) in [6.07, 6.45) is -7.35. The minimum absolute atomic E-state index is 0.131. The average Bonchev–Trinajstić information content (AvgIpc) is 3.35. The number of alkyl halides is 6. The molecule has 12 nitrogen and oxygen atoms in total. The van der Waals surface area contributed by atoms with E-state index >= 15 is 0 Å². The van der Waals surface area contributed by atoms with Crippen LogP contribution in [0, 0.1) is 5.92 Å². The summed E-state index contributed by atoms with van der Waals surface area (Å²) in [4.78, 5) is 43.3. The van der Waals surface area contributed by atoms with Crippen LogP contribution in [0.4, 0.5) is 26.3 Å². The topological polar surface area (TPSA) is 192 Å². The number of carboxylic acid groups (broad SMARTS) is 2. The third-order valence-corrected chi connectivity index (χ3v) is 6.17. The number of fused-ring (bicyclic) bond motifs is 1. The molecule has 242 valence electrons. The third kappa shape index (κ3) is 12.0. The molecule has 3 heterocycles. The smallest absolute Gasteiger partial charge is 0.490 e. The Morgan fingerprint density at radius 1 is 1.09 bits per heavy atom. The second kappa shape index (κ2) is 15.7. The first-order valence-electron chi connectivity index (χ1n) is 12.4. The van der Waals surface area contributed by atoms with E-state index in [0.717, 1.165) is 46.4 Å². The summed E-state index contributed by atoms with van der Waals surface area (Å²) >= 11 is 3.40. The normalized spacial score (nSPS) is 16.1. The number of halogens is 7. The number of carboxylic acids is 2. The van der Waals surface area contributed by atoms with Gasteiger partial charge in [0.15, 0.2) is 5.65 Å². The first-order chi connectivity index (χ1) is 20.4. The molecule has 4 rings (SSSR count). The van der Waals surface area contributed by atoms with Crippen LogP contribution in [0.1, 0.15) is 12.8 Å². The largest absolute Gasteiger partial charge is 0.491 e. The lowest BCUT2D eigenvalue weighted by molar-refractivity contribution is -0.193. The molecule has 44 heavy (non-hydrogen) atoms. The van der Waals surface area contributed by atoms with Gasteiger partial charge in [-0.15, -0.1) is 0 Å². The first-order valence-corrected chi connectivity index (χ1v) is 13.2. The van der Waals surface area contributed by atoms with E-state index in [-0.39, 0.29) is 18.4 Å². The van der Waals surface area contributed by atoms with Crippen molar-refractivity contribution >= 4 is 44.9 Å². The molecule has 0 bridgehead atoms. The number of nitrogens with zero attached hydrogens (tertiary/aromatic N) is 3. The molecule has 19 heteroatoms. The maximum Gasteiger partial charge on any atom is 0.490 e. The van der Waals surface area contributed by atoms with Crippen LogP contribution < -0.4 is 10.5 Å². The van der Waals surface area contributed by atoms with Gasteiger partial charge in [0.25, 0.3) is 0 Å². The number of pyridine rings is 1. The summed E-state index contributed by atoms with van der Waals surface area (Å²) in [5.74, 6) is -4.51. The zero-order valence-corrected chi connectivity index (χ0v) is 24.0. The molecule has 3 aromatic rings. The van der Waals surface area contributed by atoms with Gasteiger partial charge in [0.05, 0.1) is 5.92 Å². The fraction of sp³-hybridized carbons (Fsp3) is 0.400. The number of amides is 1. The predicted octanol–water partition coefficient (Wildman–Crippen LogP) is 3.59. The zero-order valence-electron chi connectivity index (χ0n) is 22.4. The summed E-state index contributed by atoms with van der Waals surface area (Å²) in [6.45, 7) is 2.10. The number of aliphatic carboxylic acids is 2. The number of piperidine rings is 1. The molecule has 0 aliphatic carbocycles. The first kappa shape index (κ1) is 36.2. The number of aromatic nitrogens is 3. The van der Waals surface area contributed by atoms with Gasteiger partial charge < -0.3 is 30.8 Å². The number of ether oxygens (including phenoxy) is 1. The molecule has 0 saturated carbocycles. The van der Waals surface area contributed by atoms with Crippen molar-refractivity contribution in [2.75, 3.05) is 26.2 Å². The zero-order chi connectivity index (χ0) is 33.2. The van der Waals surface area contributed by atoms with Crippen LogP contribution in [0.2, 0.25) is 0 Å². The molecule has 0 spiro atoms. The summed E-state index contributed by atoms with van der Waals surface area (Å²) < 4.78 is 70.1.